The number of pyridine rings is 1. The molecule has 2 aliphatic rings. The van der Waals surface area contributed by atoms with Gasteiger partial charge >= 0.3 is 5.97 Å². The van der Waals surface area contributed by atoms with Crippen LogP contribution in [0.15, 0.2) is 17.1 Å². The lowest BCUT2D eigenvalue weighted by Crippen LogP contribution is -2.63. The maximum Gasteiger partial charge on any atom is 0.341 e. The minimum atomic E-state index is -1.33. The van der Waals surface area contributed by atoms with Crippen molar-refractivity contribution in [1.29, 1.82) is 0 Å². The average Bonchev–Trinajstić information content (AvgIpc) is 3.39. The smallest absolute Gasteiger partial charge is 0.341 e. The van der Waals surface area contributed by atoms with Crippen LogP contribution in [0.2, 0.25) is 5.02 Å². The maximum absolute atomic E-state index is 14.8. The first kappa shape index (κ1) is 16.4. The van der Waals surface area contributed by atoms with Crippen LogP contribution in [0.4, 0.5) is 10.1 Å². The summed E-state index contributed by atoms with van der Waals surface area (Å²) in [7, 11) is 0. The standard InChI is InChI=1S/C17H17ClFN3O3/c1-7-12(20)6-21(7)15-11(19)4-9-14(13(15)18)22(8-2-3-8)5-10(16(9)23)17(24)25/h4-5,7-8,12H,2-3,6,20H2,1H3,(H,24,25)/t7-,12+/m1/s1. The van der Waals surface area contributed by atoms with Crippen molar-refractivity contribution in [2.45, 2.75) is 37.9 Å². The monoisotopic (exact) mass is 365 g/mol. The Bertz CT molecular complexity index is 970. The van der Waals surface area contributed by atoms with Crippen molar-refractivity contribution in [2.24, 2.45) is 5.73 Å². The summed E-state index contributed by atoms with van der Waals surface area (Å²) < 4.78 is 16.5. The molecule has 0 spiro atoms. The van der Waals surface area contributed by atoms with Crippen molar-refractivity contribution in [1.82, 2.24) is 4.57 Å². The molecule has 0 bridgehead atoms. The zero-order valence-corrected chi connectivity index (χ0v) is 14.3. The van der Waals surface area contributed by atoms with Gasteiger partial charge in [0.05, 0.1) is 21.6 Å². The Morgan fingerprint density at radius 3 is 2.64 bits per heavy atom. The molecule has 2 atom stereocenters. The first-order chi connectivity index (χ1) is 11.8. The Kier molecular flexibility index (Phi) is 3.56. The summed E-state index contributed by atoms with van der Waals surface area (Å²) in [6, 6.07) is 1.05. The number of hydrogen-bond donors (Lipinski definition) is 2. The zero-order chi connectivity index (χ0) is 18.0. The van der Waals surface area contributed by atoms with Crippen molar-refractivity contribution in [3.8, 4) is 0 Å². The molecule has 3 N–H and O–H groups in total. The summed E-state index contributed by atoms with van der Waals surface area (Å²) in [5.41, 5.74) is 5.42. The van der Waals surface area contributed by atoms with E-state index in [0.717, 1.165) is 18.9 Å². The largest absolute Gasteiger partial charge is 0.477 e. The van der Waals surface area contributed by atoms with Gasteiger partial charge in [0.25, 0.3) is 0 Å². The van der Waals surface area contributed by atoms with Gasteiger partial charge < -0.3 is 20.3 Å². The summed E-state index contributed by atoms with van der Waals surface area (Å²) in [6.45, 7) is 2.36. The predicted octanol–water partition coefficient (Wildman–Crippen LogP) is 2.36. The molecule has 0 radical (unpaired) electrons. The molecule has 8 heteroatoms. The number of nitrogens with two attached hydrogens (primary N) is 1. The van der Waals surface area contributed by atoms with Crippen LogP contribution in [-0.2, 0) is 0 Å². The Hall–Kier alpha value is -2.12. The fourth-order valence-electron chi connectivity index (χ4n) is 3.42. The highest BCUT2D eigenvalue weighted by molar-refractivity contribution is 6.38. The SMILES string of the molecule is C[C@@H]1[C@@H](N)CN1c1c(F)cc2c(=O)c(C(=O)O)cn(C3CC3)c2c1Cl. The number of aromatic carboxylic acids is 1. The molecule has 2 fully saturated rings. The number of halogens is 2. The third kappa shape index (κ3) is 2.33. The highest BCUT2D eigenvalue weighted by atomic mass is 35.5. The Morgan fingerprint density at radius 1 is 1.44 bits per heavy atom. The van der Waals surface area contributed by atoms with Gasteiger partial charge in [-0.3, -0.25) is 4.79 Å². The highest BCUT2D eigenvalue weighted by Crippen LogP contribution is 2.43. The molecule has 1 aliphatic carbocycles. The Morgan fingerprint density at radius 2 is 2.12 bits per heavy atom. The van der Waals surface area contributed by atoms with Gasteiger partial charge in [-0.05, 0) is 25.8 Å². The molecular formula is C17H17ClFN3O3. The number of rotatable bonds is 3. The van der Waals surface area contributed by atoms with Crippen molar-refractivity contribution in [2.75, 3.05) is 11.4 Å². The lowest BCUT2D eigenvalue weighted by Gasteiger charge is -2.46. The lowest BCUT2D eigenvalue weighted by molar-refractivity contribution is 0.0695. The van der Waals surface area contributed by atoms with E-state index in [1.807, 2.05) is 6.92 Å². The van der Waals surface area contributed by atoms with Crippen molar-refractivity contribution >= 4 is 34.2 Å². The summed E-state index contributed by atoms with van der Waals surface area (Å²) in [5.74, 6) is -1.97. The molecule has 132 valence electrons. The molecule has 1 aromatic carbocycles. The van der Waals surface area contributed by atoms with E-state index in [2.05, 4.69) is 0 Å². The first-order valence-corrected chi connectivity index (χ1v) is 8.51. The molecule has 6 nitrogen and oxygen atoms in total. The van der Waals surface area contributed by atoms with Crippen LogP contribution in [0.25, 0.3) is 10.9 Å². The molecule has 1 aromatic heterocycles. The van der Waals surface area contributed by atoms with Crippen LogP contribution < -0.4 is 16.1 Å². The number of nitrogens with zero attached hydrogens (tertiary/aromatic N) is 2. The summed E-state index contributed by atoms with van der Waals surface area (Å²) >= 11 is 6.52. The normalized spacial score (nSPS) is 23.0. The number of fused-ring (bicyclic) bond motifs is 1. The number of carboxylic acids is 1. The maximum atomic E-state index is 14.8. The fraction of sp³-hybridized carbons (Fsp3) is 0.412. The van der Waals surface area contributed by atoms with Gasteiger partial charge in [0.2, 0.25) is 5.43 Å². The second-order valence-corrected chi connectivity index (χ2v) is 7.17. The zero-order valence-electron chi connectivity index (χ0n) is 13.5. The molecule has 1 saturated heterocycles. The van der Waals surface area contributed by atoms with Gasteiger partial charge in [0, 0.05) is 30.9 Å². The Balaban J connectivity index is 2.03. The first-order valence-electron chi connectivity index (χ1n) is 8.13. The molecule has 25 heavy (non-hydrogen) atoms. The van der Waals surface area contributed by atoms with E-state index in [-0.39, 0.29) is 39.8 Å². The third-order valence-corrected chi connectivity index (χ3v) is 5.52. The van der Waals surface area contributed by atoms with Crippen LogP contribution in [0, 0.1) is 5.82 Å². The van der Waals surface area contributed by atoms with Crippen molar-refractivity contribution in [3.63, 3.8) is 0 Å². The number of benzene rings is 1. The van der Waals surface area contributed by atoms with Crippen LogP contribution in [0.1, 0.15) is 36.2 Å². The molecule has 1 saturated carbocycles. The number of hydrogen-bond acceptors (Lipinski definition) is 4. The van der Waals surface area contributed by atoms with Crippen LogP contribution in [0.5, 0.6) is 0 Å². The van der Waals surface area contributed by atoms with Gasteiger partial charge in [0.1, 0.15) is 11.4 Å². The minimum Gasteiger partial charge on any atom is -0.477 e. The molecular weight excluding hydrogens is 349 g/mol. The average molecular weight is 366 g/mol. The van der Waals surface area contributed by atoms with E-state index in [0.29, 0.717) is 12.1 Å². The quantitative estimate of drug-likeness (QED) is 0.871. The van der Waals surface area contributed by atoms with E-state index in [4.69, 9.17) is 17.3 Å². The lowest BCUT2D eigenvalue weighted by atomic mass is 9.97. The highest BCUT2D eigenvalue weighted by Gasteiger charge is 2.37. The number of anilines is 1. The molecule has 4 rings (SSSR count). The molecule has 0 amide bonds. The molecule has 0 unspecified atom stereocenters. The molecule has 1 aliphatic heterocycles. The topological polar surface area (TPSA) is 88.6 Å². The summed E-state index contributed by atoms with van der Waals surface area (Å²) in [4.78, 5) is 25.6. The van der Waals surface area contributed by atoms with E-state index in [1.165, 1.54) is 6.20 Å². The van der Waals surface area contributed by atoms with Crippen LogP contribution >= 0.6 is 11.6 Å². The summed E-state index contributed by atoms with van der Waals surface area (Å²) in [5, 5.41) is 9.41. The summed E-state index contributed by atoms with van der Waals surface area (Å²) in [6.07, 6.45) is 3.06. The molecule has 2 heterocycles. The van der Waals surface area contributed by atoms with E-state index < -0.39 is 17.2 Å². The fourth-order valence-corrected chi connectivity index (χ4v) is 3.82. The van der Waals surface area contributed by atoms with Crippen molar-refractivity contribution in [3.05, 3.63) is 38.9 Å². The number of carboxylic acid groups (broad SMARTS) is 1. The van der Waals surface area contributed by atoms with E-state index in [1.54, 1.807) is 9.47 Å². The van der Waals surface area contributed by atoms with Gasteiger partial charge in [-0.1, -0.05) is 11.6 Å². The van der Waals surface area contributed by atoms with Crippen molar-refractivity contribution < 1.29 is 14.3 Å². The minimum absolute atomic E-state index is 0.00414. The van der Waals surface area contributed by atoms with Crippen LogP contribution in [-0.4, -0.2) is 34.3 Å². The van der Waals surface area contributed by atoms with E-state index in [9.17, 15) is 19.1 Å². The molecule has 2 aromatic rings. The number of carbonyl (C=O) groups is 1. The van der Waals surface area contributed by atoms with Gasteiger partial charge in [0.15, 0.2) is 0 Å². The predicted molar refractivity (Wildman–Crippen MR) is 93.2 cm³/mol. The van der Waals surface area contributed by atoms with Crippen LogP contribution in [0.3, 0.4) is 0 Å². The second kappa shape index (κ2) is 5.44. The second-order valence-electron chi connectivity index (χ2n) is 6.79. The third-order valence-electron chi connectivity index (χ3n) is 5.16. The Labute approximate surface area is 147 Å². The van der Waals surface area contributed by atoms with Gasteiger partial charge in [-0.15, -0.1) is 0 Å². The van der Waals surface area contributed by atoms with Gasteiger partial charge in [-0.2, -0.15) is 0 Å². The number of aromatic nitrogens is 1. The van der Waals surface area contributed by atoms with E-state index >= 15 is 0 Å². The van der Waals surface area contributed by atoms with Gasteiger partial charge in [-0.25, -0.2) is 9.18 Å².